The molecule has 4 heteroatoms. The van der Waals surface area contributed by atoms with Crippen LogP contribution in [0.25, 0.3) is 0 Å². The van der Waals surface area contributed by atoms with Gasteiger partial charge < -0.3 is 19.9 Å². The topological polar surface area (TPSA) is 50.7 Å². The van der Waals surface area contributed by atoms with Gasteiger partial charge >= 0.3 is 0 Å². The highest BCUT2D eigenvalue weighted by molar-refractivity contribution is 4.48. The molecule has 2 N–H and O–H groups in total. The molecule has 0 aliphatic rings. The molecule has 0 aromatic carbocycles. The molecular weight excluding hydrogens is 218 g/mol. The molecule has 0 amide bonds. The van der Waals surface area contributed by atoms with Gasteiger partial charge in [-0.05, 0) is 19.4 Å². The van der Waals surface area contributed by atoms with Crippen molar-refractivity contribution in [3.05, 3.63) is 0 Å². The summed E-state index contributed by atoms with van der Waals surface area (Å²) in [6.07, 6.45) is 4.88. The van der Waals surface area contributed by atoms with Gasteiger partial charge in [0.05, 0.1) is 19.8 Å². The van der Waals surface area contributed by atoms with Gasteiger partial charge in [-0.3, -0.25) is 0 Å². The first-order chi connectivity index (χ1) is 8.41. The third kappa shape index (κ3) is 21.6. The Bertz CT molecular complexity index is 106. The molecule has 0 atom stereocenters. The molecule has 0 saturated carbocycles. The Labute approximate surface area is 108 Å². The molecular formula is C13H33NO3. The zero-order valence-electron chi connectivity index (χ0n) is 11.8. The summed E-state index contributed by atoms with van der Waals surface area (Å²) < 4.78 is 10.1. The van der Waals surface area contributed by atoms with E-state index in [-0.39, 0.29) is 8.03 Å². The SMILES string of the molecule is CC.COCCCCCCNCCOCCO.[HH]. The lowest BCUT2D eigenvalue weighted by molar-refractivity contribution is 0.0939. The Balaban J connectivity index is -0.000000709. The van der Waals surface area contributed by atoms with Crippen LogP contribution in [-0.4, -0.2) is 51.7 Å². The smallest absolute Gasteiger partial charge is 0.0698 e. The van der Waals surface area contributed by atoms with Gasteiger partial charge in [0.2, 0.25) is 0 Å². The van der Waals surface area contributed by atoms with Gasteiger partial charge in [-0.25, -0.2) is 0 Å². The number of rotatable bonds is 12. The Hall–Kier alpha value is -0.160. The minimum Gasteiger partial charge on any atom is -0.394 e. The first-order valence-electron chi connectivity index (χ1n) is 6.80. The summed E-state index contributed by atoms with van der Waals surface area (Å²) in [5.41, 5.74) is 0. The molecule has 0 aromatic rings. The van der Waals surface area contributed by atoms with Gasteiger partial charge in [-0.2, -0.15) is 0 Å². The first kappa shape index (κ1) is 19.2. The number of ether oxygens (including phenoxy) is 2. The zero-order valence-corrected chi connectivity index (χ0v) is 11.8. The minimum absolute atomic E-state index is 0. The summed E-state index contributed by atoms with van der Waals surface area (Å²) in [6.45, 7) is 8.04. The predicted octanol–water partition coefficient (Wildman–Crippen LogP) is 2.06. The molecule has 0 unspecified atom stereocenters. The standard InChI is InChI=1S/C11H25NO3.C2H6.H2/c1-14-9-5-3-2-4-6-12-7-10-15-11-8-13;1-2;/h12-13H,2-11H2,1H3;1-2H3;1H. The monoisotopic (exact) mass is 251 g/mol. The molecule has 108 valence electrons. The van der Waals surface area contributed by atoms with Crippen molar-refractivity contribution in [3.8, 4) is 0 Å². The number of methoxy groups -OCH3 is 1. The zero-order chi connectivity index (χ0) is 13.2. The average molecular weight is 251 g/mol. The van der Waals surface area contributed by atoms with Crippen LogP contribution in [0.2, 0.25) is 0 Å². The maximum atomic E-state index is 8.45. The summed E-state index contributed by atoms with van der Waals surface area (Å²) in [5, 5.41) is 11.8. The van der Waals surface area contributed by atoms with Gasteiger partial charge in [0, 0.05) is 21.7 Å². The van der Waals surface area contributed by atoms with Crippen molar-refractivity contribution in [1.82, 2.24) is 5.32 Å². The van der Waals surface area contributed by atoms with E-state index < -0.39 is 0 Å². The fourth-order valence-electron chi connectivity index (χ4n) is 1.29. The Kier molecular flexibility index (Phi) is 23.9. The largest absolute Gasteiger partial charge is 0.394 e. The van der Waals surface area contributed by atoms with Crippen LogP contribution in [0.3, 0.4) is 0 Å². The summed E-state index contributed by atoms with van der Waals surface area (Å²) in [5.74, 6) is 0. The summed E-state index contributed by atoms with van der Waals surface area (Å²) in [7, 11) is 1.74. The third-order valence-corrected chi connectivity index (χ3v) is 2.11. The number of aliphatic hydroxyl groups excluding tert-OH is 1. The highest BCUT2D eigenvalue weighted by atomic mass is 16.5. The maximum Gasteiger partial charge on any atom is 0.0698 e. The van der Waals surface area contributed by atoms with Gasteiger partial charge in [0.1, 0.15) is 0 Å². The van der Waals surface area contributed by atoms with E-state index in [2.05, 4.69) is 5.32 Å². The Morgan fingerprint density at radius 2 is 1.65 bits per heavy atom. The lowest BCUT2D eigenvalue weighted by Crippen LogP contribution is -2.21. The number of aliphatic hydroxyl groups is 1. The third-order valence-electron chi connectivity index (χ3n) is 2.11. The van der Waals surface area contributed by atoms with Gasteiger partial charge in [-0.15, -0.1) is 0 Å². The van der Waals surface area contributed by atoms with E-state index in [1.807, 2.05) is 13.8 Å². The van der Waals surface area contributed by atoms with E-state index in [1.165, 1.54) is 19.3 Å². The van der Waals surface area contributed by atoms with E-state index in [4.69, 9.17) is 14.6 Å². The highest BCUT2D eigenvalue weighted by Gasteiger charge is 1.91. The van der Waals surface area contributed by atoms with Crippen molar-refractivity contribution < 1.29 is 16.0 Å². The predicted molar refractivity (Wildman–Crippen MR) is 74.6 cm³/mol. The normalized spacial score (nSPS) is 9.88. The molecule has 0 aliphatic carbocycles. The highest BCUT2D eigenvalue weighted by Crippen LogP contribution is 1.98. The van der Waals surface area contributed by atoms with E-state index in [9.17, 15) is 0 Å². The lowest BCUT2D eigenvalue weighted by atomic mass is 10.2. The van der Waals surface area contributed by atoms with Crippen molar-refractivity contribution in [2.24, 2.45) is 0 Å². The quantitative estimate of drug-likeness (QED) is 0.521. The molecule has 0 fully saturated rings. The van der Waals surface area contributed by atoms with E-state index >= 15 is 0 Å². The van der Waals surface area contributed by atoms with Crippen molar-refractivity contribution in [2.75, 3.05) is 46.6 Å². The number of nitrogens with one attached hydrogen (secondary N) is 1. The first-order valence-corrected chi connectivity index (χ1v) is 6.80. The van der Waals surface area contributed by atoms with Crippen LogP contribution in [0, 0.1) is 0 Å². The fraction of sp³-hybridized carbons (Fsp3) is 1.00. The van der Waals surface area contributed by atoms with Crippen LogP contribution in [0.1, 0.15) is 41.0 Å². The Morgan fingerprint density at radius 1 is 0.941 bits per heavy atom. The fourth-order valence-corrected chi connectivity index (χ4v) is 1.29. The molecule has 4 nitrogen and oxygen atoms in total. The molecule has 17 heavy (non-hydrogen) atoms. The molecule has 0 spiro atoms. The molecule has 0 heterocycles. The van der Waals surface area contributed by atoms with Crippen molar-refractivity contribution >= 4 is 0 Å². The van der Waals surface area contributed by atoms with Crippen molar-refractivity contribution in [2.45, 2.75) is 39.5 Å². The van der Waals surface area contributed by atoms with Crippen LogP contribution in [0.5, 0.6) is 0 Å². The Morgan fingerprint density at radius 3 is 2.29 bits per heavy atom. The maximum absolute atomic E-state index is 8.45. The summed E-state index contributed by atoms with van der Waals surface area (Å²) in [4.78, 5) is 0. The average Bonchev–Trinajstić information content (AvgIpc) is 2.38. The van der Waals surface area contributed by atoms with Gasteiger partial charge in [0.15, 0.2) is 0 Å². The van der Waals surface area contributed by atoms with Crippen molar-refractivity contribution in [1.29, 1.82) is 0 Å². The number of hydrogen-bond donors (Lipinski definition) is 2. The minimum atomic E-state index is 0. The molecule has 0 aliphatic heterocycles. The van der Waals surface area contributed by atoms with E-state index in [0.717, 1.165) is 26.1 Å². The summed E-state index contributed by atoms with van der Waals surface area (Å²) in [6, 6.07) is 0. The molecule has 0 bridgehead atoms. The lowest BCUT2D eigenvalue weighted by Gasteiger charge is -2.05. The van der Waals surface area contributed by atoms with E-state index in [1.54, 1.807) is 7.11 Å². The molecule has 0 saturated heterocycles. The molecule has 0 radical (unpaired) electrons. The second-order valence-corrected chi connectivity index (χ2v) is 3.49. The van der Waals surface area contributed by atoms with Crippen molar-refractivity contribution in [3.63, 3.8) is 0 Å². The van der Waals surface area contributed by atoms with Crippen LogP contribution >= 0.6 is 0 Å². The number of unbranched alkanes of at least 4 members (excludes halogenated alkanes) is 3. The summed E-state index contributed by atoms with van der Waals surface area (Å²) >= 11 is 0. The molecule has 0 rings (SSSR count). The second-order valence-electron chi connectivity index (χ2n) is 3.49. The van der Waals surface area contributed by atoms with Crippen LogP contribution in [0.15, 0.2) is 0 Å². The van der Waals surface area contributed by atoms with Gasteiger partial charge in [0.25, 0.3) is 0 Å². The second kappa shape index (κ2) is 21.2. The van der Waals surface area contributed by atoms with Crippen LogP contribution in [0.4, 0.5) is 0 Å². The molecule has 0 aromatic heterocycles. The van der Waals surface area contributed by atoms with Gasteiger partial charge in [-0.1, -0.05) is 26.7 Å². The van der Waals surface area contributed by atoms with E-state index in [0.29, 0.717) is 13.2 Å². The van der Waals surface area contributed by atoms with Crippen LogP contribution < -0.4 is 5.32 Å². The number of hydrogen-bond acceptors (Lipinski definition) is 4. The van der Waals surface area contributed by atoms with Crippen LogP contribution in [-0.2, 0) is 9.47 Å².